The Morgan fingerprint density at radius 2 is 1.81 bits per heavy atom. The van der Waals surface area contributed by atoms with Gasteiger partial charge in [0.25, 0.3) is 5.91 Å². The molecule has 130 valence electrons. The third-order valence-corrected chi connectivity index (χ3v) is 4.19. The van der Waals surface area contributed by atoms with Crippen LogP contribution in [0.4, 0.5) is 17.3 Å². The fraction of sp³-hybridized carbons (Fsp3) is 0.150. The molecule has 0 saturated carbocycles. The molecule has 0 aliphatic carbocycles. The van der Waals surface area contributed by atoms with Crippen molar-refractivity contribution in [1.82, 2.24) is 10.2 Å². The fourth-order valence-corrected chi connectivity index (χ4v) is 2.96. The first-order valence-corrected chi connectivity index (χ1v) is 8.46. The number of rotatable bonds is 5. The van der Waals surface area contributed by atoms with Gasteiger partial charge in [0.2, 0.25) is 0 Å². The molecule has 0 spiro atoms. The van der Waals surface area contributed by atoms with E-state index in [2.05, 4.69) is 32.5 Å². The predicted octanol–water partition coefficient (Wildman–Crippen LogP) is 3.19. The number of ether oxygens (including phenoxy) is 1. The van der Waals surface area contributed by atoms with Crippen molar-refractivity contribution in [3.05, 3.63) is 72.3 Å². The van der Waals surface area contributed by atoms with E-state index >= 15 is 0 Å². The maximum Gasteiger partial charge on any atom is 0.263 e. The second kappa shape index (κ2) is 7.23. The van der Waals surface area contributed by atoms with E-state index in [1.165, 1.54) is 5.56 Å². The van der Waals surface area contributed by atoms with Gasteiger partial charge in [-0.3, -0.25) is 4.79 Å². The number of carbonyl (C=O) groups excluding carboxylic acids is 1. The van der Waals surface area contributed by atoms with E-state index in [4.69, 9.17) is 4.74 Å². The number of hydrogen-bond acceptors (Lipinski definition) is 5. The molecule has 1 amide bonds. The fourth-order valence-electron chi connectivity index (χ4n) is 2.96. The molecule has 26 heavy (non-hydrogen) atoms. The molecule has 0 atom stereocenters. The van der Waals surface area contributed by atoms with Crippen LogP contribution in [0.3, 0.4) is 0 Å². The number of benzene rings is 2. The number of hydrogen-bond donors (Lipinski definition) is 1. The van der Waals surface area contributed by atoms with Crippen LogP contribution in [-0.4, -0.2) is 29.3 Å². The van der Waals surface area contributed by atoms with Gasteiger partial charge in [-0.1, -0.05) is 36.4 Å². The topological polar surface area (TPSA) is 67.3 Å². The quantitative estimate of drug-likeness (QED) is 0.768. The summed E-state index contributed by atoms with van der Waals surface area (Å²) in [4.78, 5) is 14.1. The Balaban J connectivity index is 1.37. The molecule has 6 heteroatoms. The highest BCUT2D eigenvalue weighted by molar-refractivity contribution is 5.91. The molecule has 1 aliphatic heterocycles. The van der Waals surface area contributed by atoms with E-state index in [1.807, 2.05) is 36.4 Å². The van der Waals surface area contributed by atoms with Crippen molar-refractivity contribution in [2.45, 2.75) is 6.42 Å². The van der Waals surface area contributed by atoms with Crippen molar-refractivity contribution in [2.24, 2.45) is 0 Å². The van der Waals surface area contributed by atoms with Crippen LogP contribution in [0.5, 0.6) is 5.75 Å². The largest absolute Gasteiger partial charge is 0.484 e. The molecule has 1 aromatic heterocycles. The zero-order valence-corrected chi connectivity index (χ0v) is 14.1. The number of fused-ring (bicyclic) bond motifs is 1. The average molecular weight is 346 g/mol. The summed E-state index contributed by atoms with van der Waals surface area (Å²) in [7, 11) is 0. The van der Waals surface area contributed by atoms with Crippen LogP contribution in [0.2, 0.25) is 0 Å². The number of aromatic nitrogens is 2. The molecule has 1 aliphatic rings. The average Bonchev–Trinajstić information content (AvgIpc) is 3.12. The van der Waals surface area contributed by atoms with Crippen LogP contribution in [0.25, 0.3) is 0 Å². The minimum absolute atomic E-state index is 0.0764. The minimum Gasteiger partial charge on any atom is -0.484 e. The number of nitrogens with one attached hydrogen (secondary N) is 1. The third kappa shape index (κ3) is 3.49. The van der Waals surface area contributed by atoms with Gasteiger partial charge >= 0.3 is 0 Å². The third-order valence-electron chi connectivity index (χ3n) is 4.19. The zero-order valence-electron chi connectivity index (χ0n) is 14.1. The van der Waals surface area contributed by atoms with Crippen molar-refractivity contribution < 1.29 is 9.53 Å². The summed E-state index contributed by atoms with van der Waals surface area (Å²) in [6.45, 7) is 0.803. The second-order valence-electron chi connectivity index (χ2n) is 5.96. The van der Waals surface area contributed by atoms with Crippen LogP contribution in [0.15, 0.2) is 66.7 Å². The normalized spacial score (nSPS) is 12.5. The molecular weight excluding hydrogens is 328 g/mol. The number of carbonyl (C=O) groups is 1. The van der Waals surface area contributed by atoms with Gasteiger partial charge in [0.05, 0.1) is 0 Å². The van der Waals surface area contributed by atoms with Crippen molar-refractivity contribution in [2.75, 3.05) is 23.4 Å². The van der Waals surface area contributed by atoms with Crippen LogP contribution in [0.1, 0.15) is 5.56 Å². The Morgan fingerprint density at radius 3 is 2.62 bits per heavy atom. The van der Waals surface area contributed by atoms with Gasteiger partial charge in [-0.15, -0.1) is 10.2 Å². The summed E-state index contributed by atoms with van der Waals surface area (Å²) in [5.41, 5.74) is 2.47. The predicted molar refractivity (Wildman–Crippen MR) is 99.8 cm³/mol. The summed E-state index contributed by atoms with van der Waals surface area (Å²) < 4.78 is 5.42. The zero-order chi connectivity index (χ0) is 17.8. The molecule has 0 radical (unpaired) electrons. The number of nitrogens with zero attached hydrogens (tertiary/aromatic N) is 3. The van der Waals surface area contributed by atoms with E-state index in [1.54, 1.807) is 18.2 Å². The van der Waals surface area contributed by atoms with Crippen LogP contribution >= 0.6 is 0 Å². The lowest BCUT2D eigenvalue weighted by Crippen LogP contribution is -2.21. The molecule has 6 nitrogen and oxygen atoms in total. The van der Waals surface area contributed by atoms with Gasteiger partial charge in [-0.05, 0) is 42.3 Å². The van der Waals surface area contributed by atoms with Crippen molar-refractivity contribution in [3.8, 4) is 5.75 Å². The Hall–Kier alpha value is -3.41. The van der Waals surface area contributed by atoms with E-state index < -0.39 is 0 Å². The smallest absolute Gasteiger partial charge is 0.263 e. The summed E-state index contributed by atoms with van der Waals surface area (Å²) in [5, 5.41) is 11.1. The number of para-hydroxylation sites is 2. The molecule has 0 unspecified atom stereocenters. The molecule has 0 saturated heterocycles. The molecule has 3 aromatic rings. The Bertz CT molecular complexity index is 897. The highest BCUT2D eigenvalue weighted by atomic mass is 16.5. The summed E-state index contributed by atoms with van der Waals surface area (Å²) in [6.07, 6.45) is 0.993. The van der Waals surface area contributed by atoms with E-state index in [0.717, 1.165) is 24.5 Å². The first-order chi connectivity index (χ1) is 12.8. The summed E-state index contributed by atoms with van der Waals surface area (Å²) in [6, 6.07) is 21.1. The Labute approximate surface area is 151 Å². The molecule has 0 fully saturated rings. The van der Waals surface area contributed by atoms with E-state index in [0.29, 0.717) is 11.6 Å². The van der Waals surface area contributed by atoms with Gasteiger partial charge in [0, 0.05) is 12.2 Å². The van der Waals surface area contributed by atoms with Gasteiger partial charge < -0.3 is 15.0 Å². The highest BCUT2D eigenvalue weighted by Crippen LogP contribution is 2.32. The number of anilines is 3. The Morgan fingerprint density at radius 1 is 1.00 bits per heavy atom. The molecule has 2 aromatic carbocycles. The van der Waals surface area contributed by atoms with Gasteiger partial charge in [0.1, 0.15) is 5.75 Å². The van der Waals surface area contributed by atoms with Crippen LogP contribution in [0, 0.1) is 0 Å². The summed E-state index contributed by atoms with van der Waals surface area (Å²) >= 11 is 0. The molecule has 4 rings (SSSR count). The number of amides is 1. The molecular formula is C20H18N4O2. The lowest BCUT2D eigenvalue weighted by molar-refractivity contribution is -0.118. The van der Waals surface area contributed by atoms with Crippen molar-refractivity contribution in [3.63, 3.8) is 0 Å². The van der Waals surface area contributed by atoms with Crippen molar-refractivity contribution >= 4 is 23.2 Å². The van der Waals surface area contributed by atoms with E-state index in [9.17, 15) is 4.79 Å². The van der Waals surface area contributed by atoms with Gasteiger partial charge in [0.15, 0.2) is 18.2 Å². The second-order valence-corrected chi connectivity index (χ2v) is 5.96. The van der Waals surface area contributed by atoms with E-state index in [-0.39, 0.29) is 12.5 Å². The minimum atomic E-state index is -0.276. The first-order valence-electron chi connectivity index (χ1n) is 8.46. The van der Waals surface area contributed by atoms with Gasteiger partial charge in [-0.2, -0.15) is 0 Å². The monoisotopic (exact) mass is 346 g/mol. The molecule has 1 N–H and O–H groups in total. The lowest BCUT2D eigenvalue weighted by Gasteiger charge is -2.17. The maximum atomic E-state index is 12.0. The van der Waals surface area contributed by atoms with Crippen LogP contribution in [-0.2, 0) is 11.2 Å². The first kappa shape index (κ1) is 16.1. The SMILES string of the molecule is O=C(COc1ccccc1)Nc1ccc(N2CCc3ccccc32)nn1. The maximum absolute atomic E-state index is 12.0. The summed E-state index contributed by atoms with van der Waals surface area (Å²) in [5.74, 6) is 1.55. The standard InChI is InChI=1S/C20H18N4O2/c25-20(14-26-16-7-2-1-3-8-16)21-18-10-11-19(23-22-18)24-13-12-15-6-4-5-9-17(15)24/h1-11H,12-14H2,(H,21,22,25). The molecule has 0 bridgehead atoms. The Kier molecular flexibility index (Phi) is 4.47. The highest BCUT2D eigenvalue weighted by Gasteiger charge is 2.21. The van der Waals surface area contributed by atoms with Crippen molar-refractivity contribution in [1.29, 1.82) is 0 Å². The lowest BCUT2D eigenvalue weighted by atomic mass is 10.2. The van der Waals surface area contributed by atoms with Crippen LogP contribution < -0.4 is 15.0 Å². The molecule has 2 heterocycles. The van der Waals surface area contributed by atoms with Gasteiger partial charge in [-0.25, -0.2) is 0 Å².